The Morgan fingerprint density at radius 2 is 2.42 bits per heavy atom. The molecule has 1 fully saturated rings. The van der Waals surface area contributed by atoms with Crippen molar-refractivity contribution in [1.29, 1.82) is 0 Å². The third-order valence-corrected chi connectivity index (χ3v) is 3.44. The zero-order valence-electron chi connectivity index (χ0n) is 11.0. The van der Waals surface area contributed by atoms with Crippen LogP contribution in [0.1, 0.15) is 36.2 Å². The molecule has 1 heterocycles. The Bertz CT molecular complexity index is 420. The van der Waals surface area contributed by atoms with Crippen LogP contribution in [0.3, 0.4) is 0 Å². The minimum Gasteiger partial charge on any atom is -0.393 e. The highest BCUT2D eigenvalue weighted by Gasteiger charge is 2.21. The molecular weight excluding hydrogens is 246 g/mol. The van der Waals surface area contributed by atoms with E-state index in [1.54, 1.807) is 10.9 Å². The number of hydrogen-bond donors (Lipinski definition) is 3. The van der Waals surface area contributed by atoms with Crippen molar-refractivity contribution in [2.75, 3.05) is 13.1 Å². The van der Waals surface area contributed by atoms with E-state index in [0.29, 0.717) is 31.2 Å². The summed E-state index contributed by atoms with van der Waals surface area (Å²) in [5, 5.41) is 20.1. The van der Waals surface area contributed by atoms with Gasteiger partial charge in [0, 0.05) is 13.1 Å². The maximum Gasteiger partial charge on any atom is 0.273 e. The lowest BCUT2D eigenvalue weighted by Crippen LogP contribution is -2.33. The average molecular weight is 267 g/mol. The minimum absolute atomic E-state index is 0.219. The Balaban J connectivity index is 1.79. The van der Waals surface area contributed by atoms with Gasteiger partial charge in [0.2, 0.25) is 0 Å². The van der Waals surface area contributed by atoms with Crippen molar-refractivity contribution in [3.8, 4) is 0 Å². The van der Waals surface area contributed by atoms with Crippen molar-refractivity contribution < 1.29 is 9.90 Å². The number of carbonyl (C=O) groups is 1. The number of carbonyl (C=O) groups excluding carboxylic acids is 1. The van der Waals surface area contributed by atoms with E-state index < -0.39 is 0 Å². The normalized spacial score (nSPS) is 23.3. The first-order valence-corrected chi connectivity index (χ1v) is 6.75. The first-order valence-electron chi connectivity index (χ1n) is 6.75. The fourth-order valence-electron chi connectivity index (χ4n) is 2.42. The van der Waals surface area contributed by atoms with Crippen molar-refractivity contribution >= 4 is 5.91 Å². The molecule has 0 bridgehead atoms. The van der Waals surface area contributed by atoms with E-state index in [4.69, 9.17) is 5.73 Å². The van der Waals surface area contributed by atoms with Crippen molar-refractivity contribution in [3.05, 3.63) is 11.9 Å². The van der Waals surface area contributed by atoms with E-state index in [1.807, 2.05) is 0 Å². The number of nitrogens with zero attached hydrogens (tertiary/aromatic N) is 3. The fraction of sp³-hybridized carbons (Fsp3) is 0.750. The molecule has 1 aliphatic carbocycles. The lowest BCUT2D eigenvalue weighted by molar-refractivity contribution is 0.0870. The number of amides is 1. The van der Waals surface area contributed by atoms with Crippen LogP contribution < -0.4 is 11.1 Å². The summed E-state index contributed by atoms with van der Waals surface area (Å²) >= 11 is 0. The van der Waals surface area contributed by atoms with Crippen molar-refractivity contribution in [1.82, 2.24) is 20.3 Å². The van der Waals surface area contributed by atoms with Crippen molar-refractivity contribution in [2.24, 2.45) is 11.7 Å². The predicted octanol–water partition coefficient (Wildman–Crippen LogP) is -0.482. The second-order valence-corrected chi connectivity index (χ2v) is 5.05. The van der Waals surface area contributed by atoms with Gasteiger partial charge < -0.3 is 16.2 Å². The monoisotopic (exact) mass is 267 g/mol. The molecule has 1 amide bonds. The Labute approximate surface area is 112 Å². The molecular formula is C12H21N5O2. The molecule has 7 heteroatoms. The summed E-state index contributed by atoms with van der Waals surface area (Å²) in [5.74, 6) is 0.134. The molecule has 19 heavy (non-hydrogen) atoms. The van der Waals surface area contributed by atoms with Crippen LogP contribution in [-0.4, -0.2) is 45.2 Å². The summed E-state index contributed by atoms with van der Waals surface area (Å²) in [7, 11) is 0. The summed E-state index contributed by atoms with van der Waals surface area (Å²) < 4.78 is 1.55. The molecule has 1 aliphatic rings. The van der Waals surface area contributed by atoms with Crippen LogP contribution in [0, 0.1) is 5.92 Å². The van der Waals surface area contributed by atoms with Gasteiger partial charge in [-0.2, -0.15) is 0 Å². The predicted molar refractivity (Wildman–Crippen MR) is 69.4 cm³/mol. The van der Waals surface area contributed by atoms with Gasteiger partial charge in [-0.05, 0) is 25.2 Å². The van der Waals surface area contributed by atoms with Crippen molar-refractivity contribution in [2.45, 2.75) is 38.3 Å². The molecule has 7 nitrogen and oxygen atoms in total. The quantitative estimate of drug-likeness (QED) is 0.668. The molecule has 2 rings (SSSR count). The number of aliphatic hydroxyl groups excluding tert-OH is 1. The lowest BCUT2D eigenvalue weighted by Gasteiger charge is -2.25. The van der Waals surface area contributed by atoms with Gasteiger partial charge in [0.1, 0.15) is 0 Å². The minimum atomic E-state index is -0.221. The van der Waals surface area contributed by atoms with E-state index in [9.17, 15) is 9.90 Å². The molecule has 4 N–H and O–H groups in total. The first-order chi connectivity index (χ1) is 9.19. The smallest absolute Gasteiger partial charge is 0.273 e. The van der Waals surface area contributed by atoms with Gasteiger partial charge in [-0.1, -0.05) is 11.6 Å². The Morgan fingerprint density at radius 1 is 1.58 bits per heavy atom. The highest BCUT2D eigenvalue weighted by atomic mass is 16.3. The third kappa shape index (κ3) is 4.00. The first kappa shape index (κ1) is 14.0. The van der Waals surface area contributed by atoms with Crippen LogP contribution in [-0.2, 0) is 6.54 Å². The Morgan fingerprint density at radius 3 is 3.16 bits per heavy atom. The molecule has 0 radical (unpaired) electrons. The number of rotatable bonds is 5. The third-order valence-electron chi connectivity index (χ3n) is 3.44. The van der Waals surface area contributed by atoms with E-state index in [-0.39, 0.29) is 12.0 Å². The number of hydrogen-bond acceptors (Lipinski definition) is 5. The summed E-state index contributed by atoms with van der Waals surface area (Å²) in [4.78, 5) is 11.9. The van der Waals surface area contributed by atoms with Crippen LogP contribution in [0.25, 0.3) is 0 Å². The van der Waals surface area contributed by atoms with E-state index in [1.165, 1.54) is 0 Å². The maximum absolute atomic E-state index is 11.9. The molecule has 2 unspecified atom stereocenters. The highest BCUT2D eigenvalue weighted by Crippen LogP contribution is 2.23. The van der Waals surface area contributed by atoms with Crippen LogP contribution in [0.2, 0.25) is 0 Å². The second-order valence-electron chi connectivity index (χ2n) is 5.05. The van der Waals surface area contributed by atoms with Crippen LogP contribution >= 0.6 is 0 Å². The van der Waals surface area contributed by atoms with Crippen LogP contribution in [0.5, 0.6) is 0 Å². The summed E-state index contributed by atoms with van der Waals surface area (Å²) in [6.45, 7) is 1.60. The van der Waals surface area contributed by atoms with Gasteiger partial charge in [0.15, 0.2) is 5.69 Å². The second kappa shape index (κ2) is 6.63. The van der Waals surface area contributed by atoms with Crippen LogP contribution in [0.15, 0.2) is 6.20 Å². The molecule has 1 saturated carbocycles. The van der Waals surface area contributed by atoms with E-state index in [2.05, 4.69) is 15.6 Å². The molecule has 1 aromatic heterocycles. The van der Waals surface area contributed by atoms with Gasteiger partial charge in [-0.25, -0.2) is 0 Å². The number of aliphatic hydroxyl groups is 1. The zero-order valence-corrected chi connectivity index (χ0v) is 11.0. The maximum atomic E-state index is 11.9. The Kier molecular flexibility index (Phi) is 4.86. The molecule has 0 aliphatic heterocycles. The highest BCUT2D eigenvalue weighted by molar-refractivity contribution is 5.91. The molecule has 1 aromatic rings. The molecule has 0 spiro atoms. The van der Waals surface area contributed by atoms with Gasteiger partial charge in [-0.15, -0.1) is 5.10 Å². The molecule has 106 valence electrons. The van der Waals surface area contributed by atoms with Crippen LogP contribution in [0.4, 0.5) is 0 Å². The topological polar surface area (TPSA) is 106 Å². The summed E-state index contributed by atoms with van der Waals surface area (Å²) in [6, 6.07) is 0. The standard InChI is InChI=1S/C12H21N5O2/c13-4-5-17-8-11(15-16-17)12(19)14-7-9-2-1-3-10(18)6-9/h8-10,18H,1-7,13H2,(H,14,19). The number of aromatic nitrogens is 3. The van der Waals surface area contributed by atoms with Crippen molar-refractivity contribution in [3.63, 3.8) is 0 Å². The summed E-state index contributed by atoms with van der Waals surface area (Å²) in [5.41, 5.74) is 5.71. The van der Waals surface area contributed by atoms with E-state index in [0.717, 1.165) is 25.7 Å². The SMILES string of the molecule is NCCn1cc(C(=O)NCC2CCCC(O)C2)nn1. The average Bonchev–Trinajstić information content (AvgIpc) is 2.85. The lowest BCUT2D eigenvalue weighted by atomic mass is 9.87. The van der Waals surface area contributed by atoms with Gasteiger partial charge >= 0.3 is 0 Å². The largest absolute Gasteiger partial charge is 0.393 e. The molecule has 2 atom stereocenters. The zero-order chi connectivity index (χ0) is 13.7. The Hall–Kier alpha value is -1.47. The van der Waals surface area contributed by atoms with E-state index >= 15 is 0 Å². The molecule has 0 saturated heterocycles. The number of nitrogens with two attached hydrogens (primary N) is 1. The fourth-order valence-corrected chi connectivity index (χ4v) is 2.42. The summed E-state index contributed by atoms with van der Waals surface area (Å²) in [6.07, 6.45) is 5.09. The number of nitrogens with one attached hydrogen (secondary N) is 1. The van der Waals surface area contributed by atoms with Gasteiger partial charge in [0.25, 0.3) is 5.91 Å². The van der Waals surface area contributed by atoms with Gasteiger partial charge in [0.05, 0.1) is 18.8 Å². The van der Waals surface area contributed by atoms with Gasteiger partial charge in [-0.3, -0.25) is 9.48 Å². The molecule has 0 aromatic carbocycles.